The fourth-order valence-electron chi connectivity index (χ4n) is 6.15. The molecule has 2 aromatic rings. The fourth-order valence-corrected chi connectivity index (χ4v) is 7.16. The summed E-state index contributed by atoms with van der Waals surface area (Å²) in [4.78, 5) is 13.4. The average Bonchev–Trinajstić information content (AvgIpc) is 3.46. The molecule has 1 aliphatic heterocycles. The second-order valence-corrected chi connectivity index (χ2v) is 10.9. The van der Waals surface area contributed by atoms with Crippen molar-refractivity contribution in [1.82, 2.24) is 10.3 Å². The minimum atomic E-state index is -0.0893. The molecule has 2 fully saturated rings. The van der Waals surface area contributed by atoms with Gasteiger partial charge in [-0.05, 0) is 72.8 Å². The van der Waals surface area contributed by atoms with E-state index in [-0.39, 0.29) is 22.9 Å². The summed E-state index contributed by atoms with van der Waals surface area (Å²) >= 11 is 1.79. The molecule has 1 aromatic carbocycles. The first-order valence-corrected chi connectivity index (χ1v) is 12.5. The largest absolute Gasteiger partial charge is 0.345 e. The molecular weight excluding hydrogens is 390 g/mol. The highest BCUT2D eigenvalue weighted by Crippen LogP contribution is 2.60. The number of thiophene rings is 1. The highest BCUT2D eigenvalue weighted by molar-refractivity contribution is 7.17. The Bertz CT molecular complexity index is 987. The van der Waals surface area contributed by atoms with E-state index in [4.69, 9.17) is 5.10 Å². The van der Waals surface area contributed by atoms with Crippen LogP contribution in [-0.4, -0.2) is 28.7 Å². The zero-order valence-corrected chi connectivity index (χ0v) is 19.2. The first-order valence-electron chi connectivity index (χ1n) is 11.6. The van der Waals surface area contributed by atoms with Crippen LogP contribution in [0.25, 0.3) is 10.1 Å². The number of hydrogen-bond acceptors (Lipinski definition) is 4. The lowest BCUT2D eigenvalue weighted by Gasteiger charge is -2.39. The fraction of sp³-hybridized carbons (Fsp3) is 0.600. The zero-order valence-electron chi connectivity index (χ0n) is 18.4. The Morgan fingerprint density at radius 1 is 1.27 bits per heavy atom. The van der Waals surface area contributed by atoms with Gasteiger partial charge in [0.1, 0.15) is 5.71 Å². The Hall–Kier alpha value is -1.88. The molecule has 4 nitrogen and oxygen atoms in total. The summed E-state index contributed by atoms with van der Waals surface area (Å²) in [5.41, 5.74) is 2.17. The summed E-state index contributed by atoms with van der Waals surface area (Å²) in [6.07, 6.45) is 7.86. The Morgan fingerprint density at radius 3 is 2.73 bits per heavy atom. The van der Waals surface area contributed by atoms with E-state index in [1.807, 2.05) is 0 Å². The van der Waals surface area contributed by atoms with Crippen molar-refractivity contribution in [1.29, 1.82) is 0 Å². The standard InChI is InChI=1S/C25H33N3OS/c1-4-5-14-28-21(19-16-30-22-9-7-6-8-18(19)22)15-20(27-28)23(29)26-25(3)17-10-12-24(25,2)13-11-17/h6-9,16-17,21H,4-5,10-15H2,1-3H3,(H,26,29)/t17?,21?,24?,25-/m0/s1. The highest BCUT2D eigenvalue weighted by Gasteiger charge is 2.59. The van der Waals surface area contributed by atoms with Crippen molar-refractivity contribution < 1.29 is 4.79 Å². The summed E-state index contributed by atoms with van der Waals surface area (Å²) in [6, 6.07) is 8.75. The third kappa shape index (κ3) is 3.00. The van der Waals surface area contributed by atoms with Crippen molar-refractivity contribution in [2.45, 2.75) is 77.3 Å². The van der Waals surface area contributed by atoms with Gasteiger partial charge in [-0.2, -0.15) is 5.10 Å². The van der Waals surface area contributed by atoms with E-state index in [0.29, 0.717) is 18.1 Å². The van der Waals surface area contributed by atoms with E-state index in [0.717, 1.165) is 19.4 Å². The van der Waals surface area contributed by atoms with Crippen LogP contribution in [0.15, 0.2) is 34.7 Å². The molecule has 30 heavy (non-hydrogen) atoms. The number of rotatable bonds is 6. The number of nitrogens with zero attached hydrogens (tertiary/aromatic N) is 2. The second kappa shape index (κ2) is 7.37. The molecule has 1 aromatic heterocycles. The summed E-state index contributed by atoms with van der Waals surface area (Å²) in [5.74, 6) is 0.669. The molecule has 1 unspecified atom stereocenters. The van der Waals surface area contributed by atoms with Crippen LogP contribution in [0.1, 0.15) is 77.3 Å². The maximum Gasteiger partial charge on any atom is 0.268 e. The number of hydrogen-bond donors (Lipinski definition) is 1. The van der Waals surface area contributed by atoms with Crippen molar-refractivity contribution in [3.63, 3.8) is 0 Å². The molecule has 3 aliphatic rings. The van der Waals surface area contributed by atoms with E-state index < -0.39 is 0 Å². The van der Waals surface area contributed by atoms with Crippen LogP contribution in [0.4, 0.5) is 0 Å². The number of benzene rings is 1. The van der Waals surface area contributed by atoms with Crippen LogP contribution in [0.3, 0.4) is 0 Å². The molecule has 0 saturated heterocycles. The molecule has 1 N–H and O–H groups in total. The number of nitrogens with one attached hydrogen (secondary N) is 1. The Labute approximate surface area is 183 Å². The molecule has 5 rings (SSSR count). The van der Waals surface area contributed by atoms with Gasteiger partial charge in [0.25, 0.3) is 5.91 Å². The van der Waals surface area contributed by atoms with E-state index >= 15 is 0 Å². The lowest BCUT2D eigenvalue weighted by molar-refractivity contribution is -0.117. The van der Waals surface area contributed by atoms with Crippen LogP contribution in [-0.2, 0) is 4.79 Å². The Kier molecular flexibility index (Phi) is 4.92. The van der Waals surface area contributed by atoms with Gasteiger partial charge in [0, 0.05) is 23.2 Å². The van der Waals surface area contributed by atoms with Crippen LogP contribution in [0.5, 0.6) is 0 Å². The SMILES string of the molecule is CCCCN1N=C(C(=O)N[C@@]2(C)C3CCC2(C)CC3)CC1c1csc2ccccc12. The Balaban J connectivity index is 1.40. The number of carbonyl (C=O) groups is 1. The topological polar surface area (TPSA) is 44.7 Å². The average molecular weight is 424 g/mol. The number of amides is 1. The van der Waals surface area contributed by atoms with Gasteiger partial charge < -0.3 is 5.32 Å². The molecular formula is C25H33N3OS. The molecule has 2 saturated carbocycles. The summed E-state index contributed by atoms with van der Waals surface area (Å²) in [7, 11) is 0. The van der Waals surface area contributed by atoms with Crippen LogP contribution in [0, 0.1) is 11.3 Å². The third-order valence-electron chi connectivity index (χ3n) is 8.40. The molecule has 2 aliphatic carbocycles. The predicted octanol–water partition coefficient (Wildman–Crippen LogP) is 5.89. The van der Waals surface area contributed by atoms with E-state index in [9.17, 15) is 4.79 Å². The van der Waals surface area contributed by atoms with Gasteiger partial charge in [-0.15, -0.1) is 11.3 Å². The van der Waals surface area contributed by atoms with E-state index in [2.05, 4.69) is 60.7 Å². The van der Waals surface area contributed by atoms with Crippen molar-refractivity contribution in [2.75, 3.05) is 6.54 Å². The molecule has 2 heterocycles. The summed E-state index contributed by atoms with van der Waals surface area (Å²) < 4.78 is 1.31. The van der Waals surface area contributed by atoms with E-state index in [1.54, 1.807) is 11.3 Å². The van der Waals surface area contributed by atoms with Gasteiger partial charge in [0.05, 0.1) is 6.04 Å². The number of hydrazone groups is 1. The molecule has 5 heteroatoms. The maximum absolute atomic E-state index is 13.4. The molecule has 0 spiro atoms. The lowest BCUT2D eigenvalue weighted by Crippen LogP contribution is -2.55. The quantitative estimate of drug-likeness (QED) is 0.630. The smallest absolute Gasteiger partial charge is 0.268 e. The molecule has 2 atom stereocenters. The van der Waals surface area contributed by atoms with E-state index in [1.165, 1.54) is 41.3 Å². The van der Waals surface area contributed by atoms with Crippen LogP contribution in [0.2, 0.25) is 0 Å². The first kappa shape index (κ1) is 20.0. The first-order chi connectivity index (χ1) is 14.4. The third-order valence-corrected chi connectivity index (χ3v) is 9.38. The molecule has 0 radical (unpaired) electrons. The predicted molar refractivity (Wildman–Crippen MR) is 125 cm³/mol. The molecule has 160 valence electrons. The normalized spacial score (nSPS) is 32.8. The highest BCUT2D eigenvalue weighted by atomic mass is 32.1. The van der Waals surface area contributed by atoms with Gasteiger partial charge in [0.2, 0.25) is 0 Å². The summed E-state index contributed by atoms with van der Waals surface area (Å²) in [5, 5.41) is 14.1. The van der Waals surface area contributed by atoms with Gasteiger partial charge in [0.15, 0.2) is 0 Å². The van der Waals surface area contributed by atoms with Crippen LogP contribution < -0.4 is 5.32 Å². The number of fused-ring (bicyclic) bond motifs is 3. The minimum absolute atomic E-state index is 0.0565. The van der Waals surface area contributed by atoms with Crippen molar-refractivity contribution >= 4 is 33.0 Å². The van der Waals surface area contributed by atoms with Gasteiger partial charge in [-0.25, -0.2) is 0 Å². The second-order valence-electron chi connectivity index (χ2n) is 9.96. The minimum Gasteiger partial charge on any atom is -0.345 e. The van der Waals surface area contributed by atoms with Crippen LogP contribution >= 0.6 is 11.3 Å². The Morgan fingerprint density at radius 2 is 2.03 bits per heavy atom. The monoisotopic (exact) mass is 423 g/mol. The van der Waals surface area contributed by atoms with Gasteiger partial charge in [-0.3, -0.25) is 9.80 Å². The molecule has 2 bridgehead atoms. The maximum atomic E-state index is 13.4. The van der Waals surface area contributed by atoms with Gasteiger partial charge in [-0.1, -0.05) is 38.5 Å². The zero-order chi connectivity index (χ0) is 20.9. The van der Waals surface area contributed by atoms with Gasteiger partial charge >= 0.3 is 0 Å². The molecule has 1 amide bonds. The van der Waals surface area contributed by atoms with Crippen molar-refractivity contribution in [3.05, 3.63) is 35.2 Å². The van der Waals surface area contributed by atoms with Crippen molar-refractivity contribution in [3.8, 4) is 0 Å². The lowest BCUT2D eigenvalue weighted by atomic mass is 9.76. The summed E-state index contributed by atoms with van der Waals surface area (Å²) in [6.45, 7) is 7.76. The number of carbonyl (C=O) groups excluding carboxylic acids is 1. The number of unbranched alkanes of at least 4 members (excludes halogenated alkanes) is 1. The van der Waals surface area contributed by atoms with Crippen molar-refractivity contribution in [2.24, 2.45) is 16.4 Å².